The van der Waals surface area contributed by atoms with Crippen molar-refractivity contribution in [3.8, 4) is 5.75 Å². The predicted molar refractivity (Wildman–Crippen MR) is 115 cm³/mol. The lowest BCUT2D eigenvalue weighted by Gasteiger charge is -2.11. The molecule has 0 aliphatic rings. The first kappa shape index (κ1) is 22.2. The zero-order valence-electron chi connectivity index (χ0n) is 17.2. The van der Waals surface area contributed by atoms with Gasteiger partial charge in [0.2, 0.25) is 11.8 Å². The predicted octanol–water partition coefficient (Wildman–Crippen LogP) is 3.75. The number of nitrogens with one attached hydrogen (secondary N) is 3. The van der Waals surface area contributed by atoms with Crippen molar-refractivity contribution < 1.29 is 19.1 Å². The Balaban J connectivity index is 1.79. The number of benzene rings is 2. The summed E-state index contributed by atoms with van der Waals surface area (Å²) in [4.78, 5) is 24.0. The molecule has 7 nitrogen and oxygen atoms in total. The molecule has 0 fully saturated rings. The molecule has 2 rings (SSSR count). The minimum Gasteiger partial charge on any atom is -0.491 e. The Bertz CT molecular complexity index is 791. The Kier molecular flexibility index (Phi) is 8.98. The minimum atomic E-state index is -0.173. The molecule has 7 heteroatoms. The van der Waals surface area contributed by atoms with Gasteiger partial charge in [-0.3, -0.25) is 9.59 Å². The number of anilines is 3. The molecule has 0 aliphatic carbocycles. The highest BCUT2D eigenvalue weighted by molar-refractivity contribution is 5.94. The van der Waals surface area contributed by atoms with Gasteiger partial charge in [0.1, 0.15) is 12.4 Å². The summed E-state index contributed by atoms with van der Waals surface area (Å²) in [6.07, 6.45) is 0.485. The third kappa shape index (κ3) is 8.66. The van der Waals surface area contributed by atoms with Crippen molar-refractivity contribution in [1.29, 1.82) is 0 Å². The number of amides is 2. The van der Waals surface area contributed by atoms with Gasteiger partial charge in [-0.25, -0.2) is 0 Å². The molecule has 0 heterocycles. The first-order chi connectivity index (χ1) is 14.0. The molecule has 0 aromatic heterocycles. The summed E-state index contributed by atoms with van der Waals surface area (Å²) in [5.74, 6) is 0.803. The van der Waals surface area contributed by atoms with Crippen molar-refractivity contribution in [3.05, 3.63) is 48.5 Å². The van der Waals surface area contributed by atoms with E-state index in [9.17, 15) is 9.59 Å². The second-order valence-corrected chi connectivity index (χ2v) is 6.99. The van der Waals surface area contributed by atoms with Gasteiger partial charge in [-0.2, -0.15) is 0 Å². The number of hydrogen-bond acceptors (Lipinski definition) is 5. The van der Waals surface area contributed by atoms with Crippen LogP contribution in [0.4, 0.5) is 17.1 Å². The van der Waals surface area contributed by atoms with Crippen molar-refractivity contribution in [2.75, 3.05) is 42.8 Å². The molecular weight excluding hydrogens is 370 g/mol. The average Bonchev–Trinajstić information content (AvgIpc) is 2.67. The lowest BCUT2D eigenvalue weighted by atomic mass is 10.1. The van der Waals surface area contributed by atoms with E-state index in [0.717, 1.165) is 11.4 Å². The standard InChI is InChI=1S/C22H29N3O4/c1-16(2)13-21(26)24-18-9-7-17(8-10-18)23-15-22(27)25-19-5-4-6-20(14-19)29-12-11-28-3/h4-10,14,16,23H,11-13,15H2,1-3H3,(H,24,26)(H,25,27). The van der Waals surface area contributed by atoms with E-state index >= 15 is 0 Å². The van der Waals surface area contributed by atoms with Crippen molar-refractivity contribution in [3.63, 3.8) is 0 Å². The van der Waals surface area contributed by atoms with Gasteiger partial charge < -0.3 is 25.4 Å². The van der Waals surface area contributed by atoms with Gasteiger partial charge in [-0.05, 0) is 42.3 Å². The largest absolute Gasteiger partial charge is 0.491 e. The van der Waals surface area contributed by atoms with Crippen LogP contribution < -0.4 is 20.7 Å². The van der Waals surface area contributed by atoms with E-state index in [4.69, 9.17) is 9.47 Å². The van der Waals surface area contributed by atoms with Gasteiger partial charge >= 0.3 is 0 Å². The van der Waals surface area contributed by atoms with Crippen LogP contribution in [0.15, 0.2) is 48.5 Å². The first-order valence-electron chi connectivity index (χ1n) is 9.61. The summed E-state index contributed by atoms with van der Waals surface area (Å²) >= 11 is 0. The Morgan fingerprint density at radius 3 is 2.28 bits per heavy atom. The molecule has 0 atom stereocenters. The van der Waals surface area contributed by atoms with Crippen LogP contribution in [0.25, 0.3) is 0 Å². The van der Waals surface area contributed by atoms with Crippen molar-refractivity contribution in [2.45, 2.75) is 20.3 Å². The van der Waals surface area contributed by atoms with E-state index in [1.165, 1.54) is 0 Å². The number of methoxy groups -OCH3 is 1. The van der Waals surface area contributed by atoms with Crippen LogP contribution in [0.3, 0.4) is 0 Å². The molecule has 29 heavy (non-hydrogen) atoms. The van der Waals surface area contributed by atoms with Gasteiger partial charge in [0, 0.05) is 36.7 Å². The Labute approximate surface area is 171 Å². The van der Waals surface area contributed by atoms with Gasteiger partial charge in [0.05, 0.1) is 13.2 Å². The van der Waals surface area contributed by atoms with Crippen molar-refractivity contribution >= 4 is 28.9 Å². The highest BCUT2D eigenvalue weighted by atomic mass is 16.5. The fourth-order valence-corrected chi connectivity index (χ4v) is 2.55. The molecule has 0 aliphatic heterocycles. The van der Waals surface area contributed by atoms with Crippen LogP contribution in [-0.2, 0) is 14.3 Å². The second-order valence-electron chi connectivity index (χ2n) is 6.99. The average molecular weight is 399 g/mol. The van der Waals surface area contributed by atoms with Gasteiger partial charge in [-0.15, -0.1) is 0 Å². The highest BCUT2D eigenvalue weighted by Crippen LogP contribution is 2.18. The summed E-state index contributed by atoms with van der Waals surface area (Å²) in [6, 6.07) is 14.5. The molecule has 0 saturated carbocycles. The molecule has 2 aromatic rings. The fourth-order valence-electron chi connectivity index (χ4n) is 2.55. The monoisotopic (exact) mass is 399 g/mol. The second kappa shape index (κ2) is 11.7. The van der Waals surface area contributed by atoms with Crippen molar-refractivity contribution in [1.82, 2.24) is 0 Å². The van der Waals surface area contributed by atoms with Crippen LogP contribution in [0, 0.1) is 5.92 Å². The third-order valence-corrected chi connectivity index (χ3v) is 3.89. The summed E-state index contributed by atoms with van der Waals surface area (Å²) in [7, 11) is 1.61. The van der Waals surface area contributed by atoms with Crippen LogP contribution in [0.2, 0.25) is 0 Å². The fraction of sp³-hybridized carbons (Fsp3) is 0.364. The zero-order valence-corrected chi connectivity index (χ0v) is 17.2. The number of carbonyl (C=O) groups is 2. The van der Waals surface area contributed by atoms with E-state index in [1.807, 2.05) is 38.1 Å². The Morgan fingerprint density at radius 1 is 0.897 bits per heavy atom. The molecule has 156 valence electrons. The van der Waals surface area contributed by atoms with E-state index in [2.05, 4.69) is 16.0 Å². The lowest BCUT2D eigenvalue weighted by molar-refractivity contribution is -0.117. The van der Waals surface area contributed by atoms with E-state index < -0.39 is 0 Å². The topological polar surface area (TPSA) is 88.7 Å². The van der Waals surface area contributed by atoms with Crippen LogP contribution in [0.5, 0.6) is 5.75 Å². The summed E-state index contributed by atoms with van der Waals surface area (Å²) < 4.78 is 10.5. The lowest BCUT2D eigenvalue weighted by Crippen LogP contribution is -2.21. The highest BCUT2D eigenvalue weighted by Gasteiger charge is 2.06. The molecule has 0 unspecified atom stereocenters. The van der Waals surface area contributed by atoms with Gasteiger partial charge in [0.15, 0.2) is 0 Å². The molecule has 0 saturated heterocycles. The molecule has 2 amide bonds. The van der Waals surface area contributed by atoms with Gasteiger partial charge in [0.25, 0.3) is 0 Å². The Hall–Kier alpha value is -3.06. The van der Waals surface area contributed by atoms with E-state index in [1.54, 1.807) is 31.4 Å². The molecular formula is C22H29N3O4. The normalized spacial score (nSPS) is 10.5. The smallest absolute Gasteiger partial charge is 0.243 e. The van der Waals surface area contributed by atoms with Gasteiger partial charge in [-0.1, -0.05) is 19.9 Å². The van der Waals surface area contributed by atoms with Crippen molar-refractivity contribution in [2.24, 2.45) is 5.92 Å². The first-order valence-corrected chi connectivity index (χ1v) is 9.61. The zero-order chi connectivity index (χ0) is 21.1. The van der Waals surface area contributed by atoms with Crippen LogP contribution in [-0.4, -0.2) is 38.7 Å². The number of ether oxygens (including phenoxy) is 2. The number of hydrogen-bond donors (Lipinski definition) is 3. The molecule has 0 spiro atoms. The quantitative estimate of drug-likeness (QED) is 0.501. The Morgan fingerprint density at radius 2 is 1.59 bits per heavy atom. The number of rotatable bonds is 11. The van der Waals surface area contributed by atoms with Crippen LogP contribution in [0.1, 0.15) is 20.3 Å². The molecule has 2 aromatic carbocycles. The maximum absolute atomic E-state index is 12.2. The van der Waals surface area contributed by atoms with Crippen LogP contribution >= 0.6 is 0 Å². The van der Waals surface area contributed by atoms with E-state index in [-0.39, 0.29) is 18.4 Å². The summed E-state index contributed by atoms with van der Waals surface area (Å²) in [5.41, 5.74) is 2.18. The maximum atomic E-state index is 12.2. The summed E-state index contributed by atoms with van der Waals surface area (Å²) in [6.45, 7) is 5.07. The molecule has 0 bridgehead atoms. The number of carbonyl (C=O) groups excluding carboxylic acids is 2. The molecule has 0 radical (unpaired) electrons. The van der Waals surface area contributed by atoms with E-state index in [0.29, 0.717) is 37.0 Å². The maximum Gasteiger partial charge on any atom is 0.243 e. The summed E-state index contributed by atoms with van der Waals surface area (Å²) in [5, 5.41) is 8.75. The molecule has 3 N–H and O–H groups in total. The SMILES string of the molecule is COCCOc1cccc(NC(=O)CNc2ccc(NC(=O)CC(C)C)cc2)c1. The third-order valence-electron chi connectivity index (χ3n) is 3.89. The minimum absolute atomic E-state index is 0.00600.